The van der Waals surface area contributed by atoms with Crippen molar-refractivity contribution in [3.05, 3.63) is 35.9 Å². The maximum Gasteiger partial charge on any atom is 0.410 e. The van der Waals surface area contributed by atoms with Crippen molar-refractivity contribution in [2.45, 2.75) is 69.5 Å². The third-order valence-corrected chi connectivity index (χ3v) is 7.22. The maximum atomic E-state index is 13.4. The molecule has 2 aliphatic heterocycles. The Balaban J connectivity index is 1.46. The average Bonchev–Trinajstić information content (AvgIpc) is 3.47. The van der Waals surface area contributed by atoms with E-state index in [0.717, 1.165) is 31.2 Å². The van der Waals surface area contributed by atoms with Crippen molar-refractivity contribution in [1.82, 2.24) is 15.1 Å². The Morgan fingerprint density at radius 3 is 2.50 bits per heavy atom. The number of cyclic esters (lactones) is 1. The van der Waals surface area contributed by atoms with Gasteiger partial charge in [-0.2, -0.15) is 0 Å². The number of carboxylic acid groups (broad SMARTS) is 1. The Hall–Kier alpha value is -3.10. The number of benzene rings is 1. The molecule has 1 unspecified atom stereocenters. The summed E-state index contributed by atoms with van der Waals surface area (Å²) in [7, 11) is 0. The molecule has 34 heavy (non-hydrogen) atoms. The number of carbonyl (C=O) groups excluding carboxylic acids is 3. The van der Waals surface area contributed by atoms with E-state index in [4.69, 9.17) is 4.74 Å². The molecule has 9 nitrogen and oxygen atoms in total. The summed E-state index contributed by atoms with van der Waals surface area (Å²) in [6, 6.07) is 7.34. The highest BCUT2D eigenvalue weighted by atomic mass is 16.6. The molecule has 2 saturated heterocycles. The monoisotopic (exact) mass is 471 g/mol. The number of hydrogen-bond donors (Lipinski definition) is 2. The van der Waals surface area contributed by atoms with Crippen LogP contribution >= 0.6 is 0 Å². The van der Waals surface area contributed by atoms with Crippen LogP contribution in [0.2, 0.25) is 0 Å². The van der Waals surface area contributed by atoms with Crippen molar-refractivity contribution in [1.29, 1.82) is 0 Å². The molecule has 1 saturated carbocycles. The van der Waals surface area contributed by atoms with Crippen LogP contribution in [0.3, 0.4) is 0 Å². The van der Waals surface area contributed by atoms with Crippen LogP contribution in [-0.2, 0) is 19.1 Å². The zero-order chi connectivity index (χ0) is 24.1. The summed E-state index contributed by atoms with van der Waals surface area (Å²) in [6.07, 6.45) is 6.33. The molecule has 3 fully saturated rings. The zero-order valence-corrected chi connectivity index (χ0v) is 19.4. The first-order valence-electron chi connectivity index (χ1n) is 12.2. The van der Waals surface area contributed by atoms with E-state index in [1.54, 1.807) is 0 Å². The number of ether oxygens (including phenoxy) is 1. The Labute approximate surface area is 199 Å². The van der Waals surface area contributed by atoms with Gasteiger partial charge >= 0.3 is 12.1 Å². The number of amides is 3. The van der Waals surface area contributed by atoms with Gasteiger partial charge in [0.25, 0.3) is 0 Å². The number of likely N-dealkylation sites (tertiary alicyclic amines) is 1. The minimum Gasteiger partial charge on any atom is -0.480 e. The lowest BCUT2D eigenvalue weighted by molar-refractivity contribution is -0.149. The lowest BCUT2D eigenvalue weighted by Crippen LogP contribution is -2.54. The highest BCUT2D eigenvalue weighted by Crippen LogP contribution is 2.30. The fourth-order valence-corrected chi connectivity index (χ4v) is 5.44. The number of hydrogen-bond acceptors (Lipinski definition) is 5. The molecule has 3 amide bonds. The van der Waals surface area contributed by atoms with E-state index in [-0.39, 0.29) is 25.1 Å². The van der Waals surface area contributed by atoms with Gasteiger partial charge in [0.15, 0.2) is 0 Å². The predicted molar refractivity (Wildman–Crippen MR) is 123 cm³/mol. The van der Waals surface area contributed by atoms with Crippen LogP contribution in [0, 0.1) is 5.92 Å². The van der Waals surface area contributed by atoms with Crippen molar-refractivity contribution < 1.29 is 29.0 Å². The quantitative estimate of drug-likeness (QED) is 0.602. The summed E-state index contributed by atoms with van der Waals surface area (Å²) in [4.78, 5) is 53.2. The number of nitrogens with one attached hydrogen (secondary N) is 1. The summed E-state index contributed by atoms with van der Waals surface area (Å²) < 4.78 is 5.20. The Kier molecular flexibility index (Phi) is 7.70. The van der Waals surface area contributed by atoms with Gasteiger partial charge in [0.05, 0.1) is 6.04 Å². The SMILES string of the molecule is O=C(CN1C(=O)OCC1c1ccccc1)N[C@@H](CC1CCCCC1)C(=O)N1CCC[C@H]1C(=O)O. The van der Waals surface area contributed by atoms with Gasteiger partial charge in [-0.1, -0.05) is 62.4 Å². The number of aliphatic carboxylic acids is 1. The first-order chi connectivity index (χ1) is 16.4. The Morgan fingerprint density at radius 1 is 1.06 bits per heavy atom. The zero-order valence-electron chi connectivity index (χ0n) is 19.4. The number of rotatable bonds is 8. The van der Waals surface area contributed by atoms with Crippen molar-refractivity contribution in [3.63, 3.8) is 0 Å². The minimum absolute atomic E-state index is 0.161. The molecule has 0 aromatic heterocycles. The molecule has 9 heteroatoms. The van der Waals surface area contributed by atoms with E-state index in [2.05, 4.69) is 5.32 Å². The molecule has 2 heterocycles. The van der Waals surface area contributed by atoms with E-state index in [1.807, 2.05) is 30.3 Å². The van der Waals surface area contributed by atoms with Crippen LogP contribution in [0.5, 0.6) is 0 Å². The fourth-order valence-electron chi connectivity index (χ4n) is 5.44. The average molecular weight is 472 g/mol. The van der Waals surface area contributed by atoms with E-state index < -0.39 is 30.1 Å². The molecule has 0 radical (unpaired) electrons. The summed E-state index contributed by atoms with van der Waals surface area (Å²) in [5.74, 6) is -1.49. The van der Waals surface area contributed by atoms with E-state index >= 15 is 0 Å². The lowest BCUT2D eigenvalue weighted by atomic mass is 9.84. The van der Waals surface area contributed by atoms with Crippen LogP contribution in [0.1, 0.15) is 63.0 Å². The maximum absolute atomic E-state index is 13.4. The molecule has 1 aromatic carbocycles. The first-order valence-corrected chi connectivity index (χ1v) is 12.2. The van der Waals surface area contributed by atoms with Crippen LogP contribution < -0.4 is 5.32 Å². The third-order valence-electron chi connectivity index (χ3n) is 7.22. The van der Waals surface area contributed by atoms with Crippen molar-refractivity contribution in [2.75, 3.05) is 19.7 Å². The van der Waals surface area contributed by atoms with E-state index in [9.17, 15) is 24.3 Å². The van der Waals surface area contributed by atoms with Crippen LogP contribution in [0.4, 0.5) is 4.79 Å². The summed E-state index contributed by atoms with van der Waals surface area (Å²) >= 11 is 0. The molecule has 3 atom stereocenters. The minimum atomic E-state index is -1.01. The molecule has 1 aromatic rings. The Morgan fingerprint density at radius 2 is 1.79 bits per heavy atom. The molecule has 0 bridgehead atoms. The topological polar surface area (TPSA) is 116 Å². The molecular weight excluding hydrogens is 438 g/mol. The number of carbonyl (C=O) groups is 4. The first kappa shape index (κ1) is 24.0. The standard InChI is InChI=1S/C25H33N3O6/c29-22(15-28-21(16-34-25(28)33)18-10-5-2-6-11-18)26-19(14-17-8-3-1-4-9-17)23(30)27-13-7-12-20(27)24(31)32/h2,5-6,10-11,17,19-21H,1,3-4,7-9,12-16H2,(H,26,29)(H,31,32)/t19-,20-,21?/m0/s1. The predicted octanol–water partition coefficient (Wildman–Crippen LogP) is 2.71. The summed E-state index contributed by atoms with van der Waals surface area (Å²) in [6.45, 7) is 0.311. The summed E-state index contributed by atoms with van der Waals surface area (Å²) in [5.41, 5.74) is 0.873. The van der Waals surface area contributed by atoms with Gasteiger partial charge in [-0.15, -0.1) is 0 Å². The van der Waals surface area contributed by atoms with Crippen LogP contribution in [-0.4, -0.2) is 70.6 Å². The number of carboxylic acids is 1. The van der Waals surface area contributed by atoms with Gasteiger partial charge in [-0.25, -0.2) is 9.59 Å². The van der Waals surface area contributed by atoms with Crippen LogP contribution in [0.15, 0.2) is 30.3 Å². The Bertz CT molecular complexity index is 901. The highest BCUT2D eigenvalue weighted by molar-refractivity contribution is 5.92. The van der Waals surface area contributed by atoms with Gasteiger partial charge in [-0.3, -0.25) is 14.5 Å². The molecule has 3 aliphatic rings. The van der Waals surface area contributed by atoms with Gasteiger partial charge in [0.1, 0.15) is 25.2 Å². The molecular formula is C25H33N3O6. The van der Waals surface area contributed by atoms with E-state index in [0.29, 0.717) is 31.7 Å². The largest absolute Gasteiger partial charge is 0.480 e. The fraction of sp³-hybridized carbons (Fsp3) is 0.600. The van der Waals surface area contributed by atoms with Crippen molar-refractivity contribution in [2.24, 2.45) is 5.92 Å². The lowest BCUT2D eigenvalue weighted by Gasteiger charge is -2.31. The third kappa shape index (κ3) is 5.51. The molecule has 1 aliphatic carbocycles. The van der Waals surface area contributed by atoms with E-state index in [1.165, 1.54) is 16.2 Å². The highest BCUT2D eigenvalue weighted by Gasteiger charge is 2.40. The van der Waals surface area contributed by atoms with Gasteiger partial charge < -0.3 is 20.1 Å². The van der Waals surface area contributed by atoms with Gasteiger partial charge in [0.2, 0.25) is 11.8 Å². The second kappa shape index (κ2) is 10.9. The summed E-state index contributed by atoms with van der Waals surface area (Å²) in [5, 5.41) is 12.4. The normalized spacial score (nSPS) is 24.1. The second-order valence-corrected chi connectivity index (χ2v) is 9.52. The van der Waals surface area contributed by atoms with Crippen LogP contribution in [0.25, 0.3) is 0 Å². The number of nitrogens with zero attached hydrogens (tertiary/aromatic N) is 2. The molecule has 184 valence electrons. The van der Waals surface area contributed by atoms with Gasteiger partial charge in [0, 0.05) is 6.54 Å². The second-order valence-electron chi connectivity index (χ2n) is 9.52. The molecule has 0 spiro atoms. The molecule has 2 N–H and O–H groups in total. The van der Waals surface area contributed by atoms with Gasteiger partial charge in [-0.05, 0) is 30.7 Å². The van der Waals surface area contributed by atoms with Crippen molar-refractivity contribution >= 4 is 23.9 Å². The smallest absolute Gasteiger partial charge is 0.410 e. The van der Waals surface area contributed by atoms with Crippen molar-refractivity contribution in [3.8, 4) is 0 Å². The molecule has 4 rings (SSSR count).